The van der Waals surface area contributed by atoms with Gasteiger partial charge in [-0.05, 0) is 49.7 Å². The lowest BCUT2D eigenvalue weighted by atomic mass is 10.1. The van der Waals surface area contributed by atoms with Crippen LogP contribution < -0.4 is 15.8 Å². The third-order valence-electron chi connectivity index (χ3n) is 4.13. The number of carbonyl (C=O) groups excluding carboxylic acids is 3. The number of halogens is 1. The number of ether oxygens (including phenoxy) is 2. The summed E-state index contributed by atoms with van der Waals surface area (Å²) in [6.07, 6.45) is 1.58. The molecule has 0 aliphatic rings. The minimum Gasteiger partial charge on any atom is -0.471 e. The smallest absolute Gasteiger partial charge is 0.341 e. The summed E-state index contributed by atoms with van der Waals surface area (Å²) in [7, 11) is 0. The number of nitrogens with zero attached hydrogens (tertiary/aromatic N) is 2. The van der Waals surface area contributed by atoms with Crippen LogP contribution in [-0.2, 0) is 11.5 Å². The number of esters is 1. The Kier molecular flexibility index (Phi) is 6.93. The molecule has 3 rings (SSSR count). The van der Waals surface area contributed by atoms with Gasteiger partial charge >= 0.3 is 5.97 Å². The zero-order valence-corrected chi connectivity index (χ0v) is 18.2. The molecule has 162 valence electrons. The van der Waals surface area contributed by atoms with Gasteiger partial charge in [-0.15, -0.1) is 11.3 Å². The molecule has 3 N–H and O–H groups in total. The van der Waals surface area contributed by atoms with Crippen molar-refractivity contribution in [3.05, 3.63) is 63.2 Å². The summed E-state index contributed by atoms with van der Waals surface area (Å²) >= 11 is 6.75. The van der Waals surface area contributed by atoms with Gasteiger partial charge in [0, 0.05) is 11.2 Å². The fourth-order valence-corrected chi connectivity index (χ4v) is 3.85. The van der Waals surface area contributed by atoms with Gasteiger partial charge in [-0.3, -0.25) is 9.59 Å². The number of nitrogens with one attached hydrogen (secondary N) is 1. The van der Waals surface area contributed by atoms with Crippen molar-refractivity contribution in [2.45, 2.75) is 20.6 Å². The molecule has 0 fully saturated rings. The van der Waals surface area contributed by atoms with Crippen molar-refractivity contribution in [1.82, 2.24) is 9.78 Å². The average molecular weight is 463 g/mol. The van der Waals surface area contributed by atoms with Gasteiger partial charge in [0.05, 0.1) is 17.0 Å². The number of hydrogen-bond donors (Lipinski definition) is 2. The third kappa shape index (κ3) is 5.22. The number of nitrogens with two attached hydrogens (primary N) is 1. The molecule has 9 nitrogen and oxygen atoms in total. The van der Waals surface area contributed by atoms with Gasteiger partial charge in [-0.2, -0.15) is 5.10 Å². The molecular weight excluding hydrogens is 444 g/mol. The number of primary amides is 1. The van der Waals surface area contributed by atoms with Crippen LogP contribution in [0.1, 0.15) is 43.0 Å². The van der Waals surface area contributed by atoms with Gasteiger partial charge < -0.3 is 20.5 Å². The molecule has 31 heavy (non-hydrogen) atoms. The minimum absolute atomic E-state index is 0.0763. The number of benzene rings is 1. The topological polar surface area (TPSA) is 126 Å². The normalized spacial score (nSPS) is 10.5. The van der Waals surface area contributed by atoms with E-state index in [0.717, 1.165) is 11.3 Å². The van der Waals surface area contributed by atoms with Gasteiger partial charge in [0.1, 0.15) is 10.8 Å². The molecule has 2 aromatic heterocycles. The Morgan fingerprint density at radius 3 is 2.58 bits per heavy atom. The number of thiophene rings is 1. The average Bonchev–Trinajstić information content (AvgIpc) is 3.32. The van der Waals surface area contributed by atoms with E-state index in [2.05, 4.69) is 10.4 Å². The molecule has 2 amide bonds. The number of amides is 2. The van der Waals surface area contributed by atoms with E-state index in [-0.39, 0.29) is 34.5 Å². The molecular formula is C20H19ClN4O5S. The largest absolute Gasteiger partial charge is 0.471 e. The molecule has 0 spiro atoms. The highest BCUT2D eigenvalue weighted by Gasteiger charge is 2.26. The quantitative estimate of drug-likeness (QED) is 0.493. The molecule has 11 heteroatoms. The fourth-order valence-electron chi connectivity index (χ4n) is 2.68. The monoisotopic (exact) mass is 462 g/mol. The van der Waals surface area contributed by atoms with Crippen molar-refractivity contribution < 1.29 is 23.9 Å². The van der Waals surface area contributed by atoms with E-state index >= 15 is 0 Å². The van der Waals surface area contributed by atoms with Crippen molar-refractivity contribution in [3.8, 4) is 5.75 Å². The second-order valence-corrected chi connectivity index (χ2v) is 7.72. The highest BCUT2D eigenvalue weighted by Crippen LogP contribution is 2.33. The summed E-state index contributed by atoms with van der Waals surface area (Å²) in [6.45, 7) is 3.45. The zero-order chi connectivity index (χ0) is 22.5. The Hall–Kier alpha value is -3.37. The summed E-state index contributed by atoms with van der Waals surface area (Å²) in [5, 5.41) is 7.54. The molecule has 0 saturated carbocycles. The Bertz CT molecular complexity index is 1120. The Morgan fingerprint density at radius 1 is 1.23 bits per heavy atom. The summed E-state index contributed by atoms with van der Waals surface area (Å²) < 4.78 is 12.1. The number of hydrogen-bond acceptors (Lipinski definition) is 7. The highest BCUT2D eigenvalue weighted by molar-refractivity contribution is 7.18. The van der Waals surface area contributed by atoms with Gasteiger partial charge in [-0.1, -0.05) is 11.6 Å². The predicted octanol–water partition coefficient (Wildman–Crippen LogP) is 3.47. The fraction of sp³-hybridized carbons (Fsp3) is 0.200. The second-order valence-electron chi connectivity index (χ2n) is 6.27. The third-order valence-corrected chi connectivity index (χ3v) is 5.60. The Balaban J connectivity index is 1.74. The number of anilines is 1. The van der Waals surface area contributed by atoms with Crippen molar-refractivity contribution in [2.75, 3.05) is 11.9 Å². The summed E-state index contributed by atoms with van der Waals surface area (Å²) in [4.78, 5) is 36.8. The van der Waals surface area contributed by atoms with Gasteiger partial charge in [0.25, 0.3) is 11.8 Å². The van der Waals surface area contributed by atoms with Crippen LogP contribution in [0.5, 0.6) is 5.75 Å². The first kappa shape index (κ1) is 22.3. The molecule has 0 aliphatic heterocycles. The Morgan fingerprint density at radius 2 is 1.94 bits per heavy atom. The highest BCUT2D eigenvalue weighted by atomic mass is 35.5. The van der Waals surface area contributed by atoms with E-state index in [4.69, 9.17) is 26.8 Å². The maximum Gasteiger partial charge on any atom is 0.341 e. The van der Waals surface area contributed by atoms with Crippen LogP contribution in [0.3, 0.4) is 0 Å². The molecule has 0 bridgehead atoms. The van der Waals surface area contributed by atoms with Gasteiger partial charge in [-0.25, -0.2) is 9.48 Å². The van der Waals surface area contributed by atoms with Crippen LogP contribution in [-0.4, -0.2) is 34.2 Å². The van der Waals surface area contributed by atoms with Crippen LogP contribution in [0.15, 0.2) is 36.5 Å². The summed E-state index contributed by atoms with van der Waals surface area (Å²) in [5.41, 5.74) is 5.93. The number of carbonyl (C=O) groups is 3. The first-order valence-electron chi connectivity index (χ1n) is 9.13. The van der Waals surface area contributed by atoms with Crippen LogP contribution >= 0.6 is 22.9 Å². The predicted molar refractivity (Wildman–Crippen MR) is 116 cm³/mol. The van der Waals surface area contributed by atoms with E-state index in [9.17, 15) is 14.4 Å². The van der Waals surface area contributed by atoms with Crippen LogP contribution in [0.25, 0.3) is 0 Å². The van der Waals surface area contributed by atoms with E-state index in [1.807, 2.05) is 0 Å². The lowest BCUT2D eigenvalue weighted by Gasteiger charge is -2.07. The van der Waals surface area contributed by atoms with Crippen LogP contribution in [0.4, 0.5) is 5.00 Å². The van der Waals surface area contributed by atoms with E-state index in [1.165, 1.54) is 10.7 Å². The lowest BCUT2D eigenvalue weighted by Crippen LogP contribution is -2.16. The molecule has 3 aromatic rings. The van der Waals surface area contributed by atoms with Crippen molar-refractivity contribution in [2.24, 2.45) is 5.73 Å². The van der Waals surface area contributed by atoms with Gasteiger partial charge in [0.15, 0.2) is 12.4 Å². The molecule has 2 heterocycles. The summed E-state index contributed by atoms with van der Waals surface area (Å²) in [6, 6.07) is 8.32. The maximum atomic E-state index is 12.7. The molecule has 0 radical (unpaired) electrons. The van der Waals surface area contributed by atoms with Gasteiger partial charge in [0.2, 0.25) is 0 Å². The Labute approximate surface area is 186 Å². The van der Waals surface area contributed by atoms with Crippen LogP contribution in [0.2, 0.25) is 5.02 Å². The molecule has 0 aliphatic carbocycles. The molecule has 0 atom stereocenters. The minimum atomic E-state index is -0.697. The first-order valence-corrected chi connectivity index (χ1v) is 10.3. The standard InChI is InChI=1S/C20H19ClN4O5S/c1-3-29-20(28)15-11(2)16(17(22)26)31-19(15)23-18(27)14-8-9-25(24-14)10-30-13-6-4-12(21)5-7-13/h4-9H,3,10H2,1-2H3,(H2,22,26)(H,23,27). The molecule has 0 saturated heterocycles. The first-order chi connectivity index (χ1) is 14.8. The summed E-state index contributed by atoms with van der Waals surface area (Å²) in [5.74, 6) is -1.32. The van der Waals surface area contributed by atoms with Crippen LogP contribution in [0, 0.1) is 6.92 Å². The van der Waals surface area contributed by atoms with E-state index < -0.39 is 17.8 Å². The van der Waals surface area contributed by atoms with Crippen molar-refractivity contribution in [1.29, 1.82) is 0 Å². The number of aromatic nitrogens is 2. The SMILES string of the molecule is CCOC(=O)c1c(NC(=O)c2ccn(COc3ccc(Cl)cc3)n2)sc(C(N)=O)c1C. The zero-order valence-electron chi connectivity index (χ0n) is 16.7. The van der Waals surface area contributed by atoms with E-state index in [1.54, 1.807) is 44.3 Å². The molecule has 1 aromatic carbocycles. The second kappa shape index (κ2) is 9.63. The maximum absolute atomic E-state index is 12.7. The van der Waals surface area contributed by atoms with Crippen molar-refractivity contribution in [3.63, 3.8) is 0 Å². The lowest BCUT2D eigenvalue weighted by molar-refractivity contribution is 0.0527. The van der Waals surface area contributed by atoms with Crippen molar-refractivity contribution >= 4 is 45.7 Å². The van der Waals surface area contributed by atoms with E-state index in [0.29, 0.717) is 16.3 Å². The molecule has 0 unspecified atom stereocenters. The number of rotatable bonds is 8.